The zero-order chi connectivity index (χ0) is 13.4. The van der Waals surface area contributed by atoms with Gasteiger partial charge in [0.1, 0.15) is 5.65 Å². The average Bonchev–Trinajstić information content (AvgIpc) is 2.79. The lowest BCUT2D eigenvalue weighted by molar-refractivity contribution is 0.935. The van der Waals surface area contributed by atoms with Crippen molar-refractivity contribution >= 4 is 21.6 Å². The van der Waals surface area contributed by atoms with Crippen LogP contribution in [-0.2, 0) is 6.54 Å². The molecule has 0 bridgehead atoms. The van der Waals surface area contributed by atoms with Crippen molar-refractivity contribution in [3.8, 4) is 11.3 Å². The predicted octanol–water partition coefficient (Wildman–Crippen LogP) is 3.53. The third-order valence-corrected chi connectivity index (χ3v) is 3.77. The Morgan fingerprint density at radius 2 is 1.89 bits per heavy atom. The highest BCUT2D eigenvalue weighted by Crippen LogP contribution is 2.26. The number of pyridine rings is 1. The maximum absolute atomic E-state index is 5.93. The monoisotopic (exact) mass is 315 g/mol. The minimum Gasteiger partial charge on any atom is -0.325 e. The molecule has 2 N–H and O–H groups in total. The highest BCUT2D eigenvalue weighted by molar-refractivity contribution is 9.10. The molecule has 0 aliphatic carbocycles. The van der Waals surface area contributed by atoms with E-state index in [0.29, 0.717) is 6.54 Å². The number of aromatic nitrogens is 2. The van der Waals surface area contributed by atoms with Crippen LogP contribution in [0.3, 0.4) is 0 Å². The van der Waals surface area contributed by atoms with E-state index < -0.39 is 0 Å². The molecule has 96 valence electrons. The van der Waals surface area contributed by atoms with E-state index in [4.69, 9.17) is 10.7 Å². The number of fused-ring (bicyclic) bond motifs is 1. The fourth-order valence-electron chi connectivity index (χ4n) is 2.35. The number of hydrogen-bond acceptors (Lipinski definition) is 2. The van der Waals surface area contributed by atoms with Gasteiger partial charge in [-0.2, -0.15) is 0 Å². The smallest absolute Gasteiger partial charge is 0.137 e. The van der Waals surface area contributed by atoms with Gasteiger partial charge in [-0.05, 0) is 31.2 Å². The minimum absolute atomic E-state index is 0.470. The highest BCUT2D eigenvalue weighted by Gasteiger charge is 2.13. The molecule has 0 fully saturated rings. The van der Waals surface area contributed by atoms with Crippen LogP contribution >= 0.6 is 15.9 Å². The molecule has 0 aliphatic rings. The third-order valence-electron chi connectivity index (χ3n) is 3.25. The molecular weight excluding hydrogens is 302 g/mol. The Bertz CT molecular complexity index is 729. The Balaban J connectivity index is 2.29. The molecule has 3 aromatic rings. The summed E-state index contributed by atoms with van der Waals surface area (Å²) in [5.41, 5.74) is 11.1. The number of aryl methyl sites for hydroxylation is 1. The molecule has 3 nitrogen and oxygen atoms in total. The summed E-state index contributed by atoms with van der Waals surface area (Å²) in [5, 5.41) is 0. The van der Waals surface area contributed by atoms with E-state index in [9.17, 15) is 0 Å². The van der Waals surface area contributed by atoms with Gasteiger partial charge in [-0.3, -0.25) is 4.40 Å². The van der Waals surface area contributed by atoms with Gasteiger partial charge in [-0.15, -0.1) is 0 Å². The van der Waals surface area contributed by atoms with Crippen molar-refractivity contribution < 1.29 is 0 Å². The second kappa shape index (κ2) is 4.79. The summed E-state index contributed by atoms with van der Waals surface area (Å²) in [7, 11) is 0. The molecule has 0 spiro atoms. The molecule has 1 aromatic carbocycles. The van der Waals surface area contributed by atoms with Crippen LogP contribution in [0.1, 0.15) is 11.4 Å². The molecule has 19 heavy (non-hydrogen) atoms. The van der Waals surface area contributed by atoms with E-state index in [0.717, 1.165) is 32.8 Å². The molecular formula is C15H14BrN3. The van der Waals surface area contributed by atoms with Gasteiger partial charge in [0.05, 0.1) is 11.4 Å². The third kappa shape index (κ3) is 2.07. The quantitative estimate of drug-likeness (QED) is 0.786. The Morgan fingerprint density at radius 3 is 2.58 bits per heavy atom. The van der Waals surface area contributed by atoms with Crippen LogP contribution < -0.4 is 5.73 Å². The molecule has 0 saturated heterocycles. The molecule has 2 aromatic heterocycles. The lowest BCUT2D eigenvalue weighted by Gasteiger charge is -2.05. The number of benzene rings is 1. The van der Waals surface area contributed by atoms with E-state index in [1.807, 2.05) is 24.3 Å². The fourth-order valence-corrected chi connectivity index (χ4v) is 2.62. The van der Waals surface area contributed by atoms with Gasteiger partial charge >= 0.3 is 0 Å². The number of imidazole rings is 1. The largest absolute Gasteiger partial charge is 0.325 e. The molecule has 4 heteroatoms. The molecule has 0 unspecified atom stereocenters. The van der Waals surface area contributed by atoms with Crippen LogP contribution in [0.2, 0.25) is 0 Å². The summed E-state index contributed by atoms with van der Waals surface area (Å²) in [6.45, 7) is 2.54. The SMILES string of the molecule is Cc1cccc2nc(-c3ccc(Br)cc3)c(CN)n12. The van der Waals surface area contributed by atoms with Crippen LogP contribution in [0.5, 0.6) is 0 Å². The zero-order valence-electron chi connectivity index (χ0n) is 10.6. The van der Waals surface area contributed by atoms with Gasteiger partial charge in [0, 0.05) is 22.3 Å². The maximum atomic E-state index is 5.93. The van der Waals surface area contributed by atoms with Crippen molar-refractivity contribution in [2.24, 2.45) is 5.73 Å². The fraction of sp³-hybridized carbons (Fsp3) is 0.133. The normalized spacial score (nSPS) is 11.1. The second-order valence-corrected chi connectivity index (χ2v) is 5.39. The van der Waals surface area contributed by atoms with Crippen LogP contribution in [-0.4, -0.2) is 9.38 Å². The summed E-state index contributed by atoms with van der Waals surface area (Å²) in [4.78, 5) is 4.71. The number of nitrogens with two attached hydrogens (primary N) is 1. The molecule has 0 radical (unpaired) electrons. The maximum Gasteiger partial charge on any atom is 0.137 e. The summed E-state index contributed by atoms with van der Waals surface area (Å²) in [5.74, 6) is 0. The summed E-state index contributed by atoms with van der Waals surface area (Å²) >= 11 is 3.45. The first-order valence-corrected chi connectivity index (χ1v) is 6.93. The van der Waals surface area contributed by atoms with Gasteiger partial charge in [-0.25, -0.2) is 4.98 Å². The van der Waals surface area contributed by atoms with Gasteiger partial charge in [0.15, 0.2) is 0 Å². The Labute approximate surface area is 120 Å². The first kappa shape index (κ1) is 12.4. The second-order valence-electron chi connectivity index (χ2n) is 4.48. The van der Waals surface area contributed by atoms with Crippen molar-refractivity contribution in [3.63, 3.8) is 0 Å². The Morgan fingerprint density at radius 1 is 1.16 bits per heavy atom. The van der Waals surface area contributed by atoms with Crippen molar-refractivity contribution in [2.45, 2.75) is 13.5 Å². The Kier molecular flexibility index (Phi) is 3.12. The summed E-state index contributed by atoms with van der Waals surface area (Å²) in [6.07, 6.45) is 0. The van der Waals surface area contributed by atoms with E-state index in [-0.39, 0.29) is 0 Å². The molecule has 0 saturated carbocycles. The molecule has 2 heterocycles. The van der Waals surface area contributed by atoms with E-state index >= 15 is 0 Å². The average molecular weight is 316 g/mol. The van der Waals surface area contributed by atoms with Crippen molar-refractivity contribution in [1.29, 1.82) is 0 Å². The molecule has 0 amide bonds. The molecule has 3 rings (SSSR count). The molecule has 0 atom stereocenters. The summed E-state index contributed by atoms with van der Waals surface area (Å²) < 4.78 is 3.18. The zero-order valence-corrected chi connectivity index (χ0v) is 12.2. The Hall–Kier alpha value is -1.65. The highest BCUT2D eigenvalue weighted by atomic mass is 79.9. The number of hydrogen-bond donors (Lipinski definition) is 1. The predicted molar refractivity (Wildman–Crippen MR) is 81.0 cm³/mol. The van der Waals surface area contributed by atoms with Crippen molar-refractivity contribution in [3.05, 3.63) is 58.3 Å². The van der Waals surface area contributed by atoms with Crippen molar-refractivity contribution in [1.82, 2.24) is 9.38 Å². The summed E-state index contributed by atoms with van der Waals surface area (Å²) in [6, 6.07) is 14.2. The lowest BCUT2D eigenvalue weighted by atomic mass is 10.1. The van der Waals surface area contributed by atoms with Gasteiger partial charge < -0.3 is 5.73 Å². The van der Waals surface area contributed by atoms with Crippen LogP contribution in [0.25, 0.3) is 16.9 Å². The number of nitrogens with zero attached hydrogens (tertiary/aromatic N) is 2. The van der Waals surface area contributed by atoms with E-state index in [1.165, 1.54) is 0 Å². The molecule has 0 aliphatic heterocycles. The van der Waals surface area contributed by atoms with Gasteiger partial charge in [-0.1, -0.05) is 34.1 Å². The number of rotatable bonds is 2. The topological polar surface area (TPSA) is 43.3 Å². The minimum atomic E-state index is 0.470. The lowest BCUT2D eigenvalue weighted by Crippen LogP contribution is -2.04. The van der Waals surface area contributed by atoms with Crippen LogP contribution in [0, 0.1) is 6.92 Å². The van der Waals surface area contributed by atoms with Gasteiger partial charge in [0.2, 0.25) is 0 Å². The van der Waals surface area contributed by atoms with Crippen LogP contribution in [0.15, 0.2) is 46.9 Å². The van der Waals surface area contributed by atoms with E-state index in [2.05, 4.69) is 45.5 Å². The van der Waals surface area contributed by atoms with Crippen molar-refractivity contribution in [2.75, 3.05) is 0 Å². The standard InChI is InChI=1S/C15H14BrN3/c1-10-3-2-4-14-18-15(13(9-17)19(10)14)11-5-7-12(16)8-6-11/h2-8H,9,17H2,1H3. The number of halogens is 1. The van der Waals surface area contributed by atoms with Crippen LogP contribution in [0.4, 0.5) is 0 Å². The van der Waals surface area contributed by atoms with Gasteiger partial charge in [0.25, 0.3) is 0 Å². The first-order chi connectivity index (χ1) is 9.20. The first-order valence-electron chi connectivity index (χ1n) is 6.13. The van der Waals surface area contributed by atoms with E-state index in [1.54, 1.807) is 0 Å².